The average Bonchev–Trinajstić information content (AvgIpc) is 3.27. The molecular weight excluding hydrogens is 421 g/mol. The lowest BCUT2D eigenvalue weighted by atomic mass is 10.1. The van der Waals surface area contributed by atoms with E-state index in [-0.39, 0.29) is 12.6 Å². The molecule has 1 amide bonds. The van der Waals surface area contributed by atoms with Crippen LogP contribution in [0.5, 0.6) is 5.75 Å². The maximum atomic E-state index is 12.9. The lowest BCUT2D eigenvalue weighted by Crippen LogP contribution is -2.48. The quantitative estimate of drug-likeness (QED) is 0.579. The standard InChI is InChI=1S/C23H23F3N4O2/c24-23(25,26)19-6-4-5-18(15-19)16-28-11-13-29(14-12-28)22(31)21-9-10-30(27-21)17-32-20-7-2-1-3-8-20/h1-10,15H,11-14,16-17H2. The molecule has 1 aliphatic heterocycles. The molecule has 1 saturated heterocycles. The van der Waals surface area contributed by atoms with Gasteiger partial charge in [0.15, 0.2) is 12.4 Å². The van der Waals surface area contributed by atoms with Gasteiger partial charge in [0.1, 0.15) is 5.75 Å². The predicted octanol–water partition coefficient (Wildman–Crippen LogP) is 3.90. The predicted molar refractivity (Wildman–Crippen MR) is 112 cm³/mol. The number of benzene rings is 2. The fraction of sp³-hybridized carbons (Fsp3) is 0.304. The van der Waals surface area contributed by atoms with Crippen LogP contribution in [0.15, 0.2) is 66.9 Å². The number of nitrogens with zero attached hydrogens (tertiary/aromatic N) is 4. The molecule has 0 bridgehead atoms. The zero-order valence-corrected chi connectivity index (χ0v) is 17.3. The van der Waals surface area contributed by atoms with E-state index in [4.69, 9.17) is 4.74 Å². The number of amides is 1. The highest BCUT2D eigenvalue weighted by molar-refractivity contribution is 5.92. The molecule has 3 aromatic rings. The number of aromatic nitrogens is 2. The van der Waals surface area contributed by atoms with Crippen molar-refractivity contribution in [2.24, 2.45) is 0 Å². The number of hydrogen-bond acceptors (Lipinski definition) is 4. The van der Waals surface area contributed by atoms with Gasteiger partial charge in [0.05, 0.1) is 5.56 Å². The van der Waals surface area contributed by atoms with Gasteiger partial charge in [-0.3, -0.25) is 9.69 Å². The van der Waals surface area contributed by atoms with E-state index in [0.717, 1.165) is 6.07 Å². The molecule has 0 radical (unpaired) electrons. The topological polar surface area (TPSA) is 50.6 Å². The second kappa shape index (κ2) is 9.44. The average molecular weight is 444 g/mol. The number of alkyl halides is 3. The minimum absolute atomic E-state index is 0.165. The van der Waals surface area contributed by atoms with Gasteiger partial charge in [-0.1, -0.05) is 36.4 Å². The Labute approximate surface area is 183 Å². The van der Waals surface area contributed by atoms with Crippen molar-refractivity contribution in [3.63, 3.8) is 0 Å². The molecule has 1 aromatic heterocycles. The fourth-order valence-corrected chi connectivity index (χ4v) is 3.58. The fourth-order valence-electron chi connectivity index (χ4n) is 3.58. The number of piperazine rings is 1. The number of hydrogen-bond donors (Lipinski definition) is 0. The Hall–Kier alpha value is -3.33. The van der Waals surface area contributed by atoms with Crippen molar-refractivity contribution >= 4 is 5.91 Å². The van der Waals surface area contributed by atoms with Crippen LogP contribution in [0.2, 0.25) is 0 Å². The van der Waals surface area contributed by atoms with Gasteiger partial charge in [0.25, 0.3) is 5.91 Å². The second-order valence-corrected chi connectivity index (χ2v) is 7.59. The molecule has 1 fully saturated rings. The van der Waals surface area contributed by atoms with Crippen molar-refractivity contribution < 1.29 is 22.7 Å². The second-order valence-electron chi connectivity index (χ2n) is 7.59. The van der Waals surface area contributed by atoms with Crippen molar-refractivity contribution in [1.82, 2.24) is 19.6 Å². The van der Waals surface area contributed by atoms with E-state index in [2.05, 4.69) is 5.10 Å². The molecule has 32 heavy (non-hydrogen) atoms. The maximum absolute atomic E-state index is 12.9. The van der Waals surface area contributed by atoms with E-state index in [1.807, 2.05) is 35.2 Å². The summed E-state index contributed by atoms with van der Waals surface area (Å²) in [5, 5.41) is 4.30. The molecule has 2 aromatic carbocycles. The van der Waals surface area contributed by atoms with Gasteiger partial charge >= 0.3 is 6.18 Å². The van der Waals surface area contributed by atoms with Crippen molar-refractivity contribution in [2.45, 2.75) is 19.5 Å². The summed E-state index contributed by atoms with van der Waals surface area (Å²) in [6.45, 7) is 2.76. The van der Waals surface area contributed by atoms with Crippen LogP contribution >= 0.6 is 0 Å². The highest BCUT2D eigenvalue weighted by Crippen LogP contribution is 2.29. The zero-order chi connectivity index (χ0) is 22.6. The van der Waals surface area contributed by atoms with Crippen LogP contribution in [-0.2, 0) is 19.5 Å². The van der Waals surface area contributed by atoms with E-state index < -0.39 is 11.7 Å². The molecule has 6 nitrogen and oxygen atoms in total. The van der Waals surface area contributed by atoms with E-state index in [0.29, 0.717) is 49.7 Å². The van der Waals surface area contributed by atoms with Crippen molar-refractivity contribution in [2.75, 3.05) is 26.2 Å². The van der Waals surface area contributed by atoms with Gasteiger partial charge in [-0.05, 0) is 29.8 Å². The highest BCUT2D eigenvalue weighted by Gasteiger charge is 2.30. The minimum atomic E-state index is -4.35. The number of carbonyl (C=O) groups is 1. The summed E-state index contributed by atoms with van der Waals surface area (Å²) < 4.78 is 45.9. The Morgan fingerprint density at radius 3 is 2.44 bits per heavy atom. The summed E-state index contributed by atoms with van der Waals surface area (Å²) in [6, 6.07) is 16.4. The van der Waals surface area contributed by atoms with Crippen LogP contribution in [0.1, 0.15) is 21.6 Å². The third-order valence-electron chi connectivity index (χ3n) is 5.29. The summed E-state index contributed by atoms with van der Waals surface area (Å²) >= 11 is 0. The van der Waals surface area contributed by atoms with Crippen LogP contribution in [-0.4, -0.2) is 51.7 Å². The maximum Gasteiger partial charge on any atom is 0.416 e. The first-order chi connectivity index (χ1) is 15.4. The summed E-state index contributed by atoms with van der Waals surface area (Å²) in [5.41, 5.74) is 0.306. The normalized spacial score (nSPS) is 15.0. The number of carbonyl (C=O) groups excluding carboxylic acids is 1. The summed E-state index contributed by atoms with van der Waals surface area (Å²) in [4.78, 5) is 16.5. The van der Waals surface area contributed by atoms with Gasteiger partial charge in [-0.2, -0.15) is 18.3 Å². The molecular formula is C23H23F3N4O2. The van der Waals surface area contributed by atoms with E-state index in [1.54, 1.807) is 27.9 Å². The lowest BCUT2D eigenvalue weighted by molar-refractivity contribution is -0.137. The molecule has 168 valence electrons. The molecule has 0 saturated carbocycles. The van der Waals surface area contributed by atoms with Crippen molar-refractivity contribution in [1.29, 1.82) is 0 Å². The molecule has 0 unspecified atom stereocenters. The molecule has 0 spiro atoms. The third kappa shape index (κ3) is 5.47. The minimum Gasteiger partial charge on any atom is -0.471 e. The SMILES string of the molecule is O=C(c1ccn(COc2ccccc2)n1)N1CCN(Cc2cccc(C(F)(F)F)c2)CC1. The molecule has 0 atom stereocenters. The Morgan fingerprint density at radius 2 is 1.72 bits per heavy atom. The first kappa shape index (κ1) is 21.9. The largest absolute Gasteiger partial charge is 0.471 e. The van der Waals surface area contributed by atoms with Crippen LogP contribution in [0, 0.1) is 0 Å². The van der Waals surface area contributed by atoms with E-state index >= 15 is 0 Å². The molecule has 2 heterocycles. The van der Waals surface area contributed by atoms with Crippen LogP contribution in [0.3, 0.4) is 0 Å². The lowest BCUT2D eigenvalue weighted by Gasteiger charge is -2.34. The Kier molecular flexibility index (Phi) is 6.45. The van der Waals surface area contributed by atoms with Gasteiger partial charge in [0, 0.05) is 38.9 Å². The van der Waals surface area contributed by atoms with Crippen LogP contribution in [0.4, 0.5) is 13.2 Å². The Morgan fingerprint density at radius 1 is 0.969 bits per heavy atom. The smallest absolute Gasteiger partial charge is 0.416 e. The molecule has 0 aliphatic carbocycles. The number of rotatable bonds is 6. The van der Waals surface area contributed by atoms with Gasteiger partial charge in [0.2, 0.25) is 0 Å². The van der Waals surface area contributed by atoms with E-state index in [1.165, 1.54) is 12.1 Å². The van der Waals surface area contributed by atoms with Crippen molar-refractivity contribution in [3.05, 3.63) is 83.7 Å². The number of para-hydroxylation sites is 1. The van der Waals surface area contributed by atoms with E-state index in [9.17, 15) is 18.0 Å². The highest BCUT2D eigenvalue weighted by atomic mass is 19.4. The van der Waals surface area contributed by atoms with Gasteiger partial charge in [-0.15, -0.1) is 0 Å². The Balaban J connectivity index is 1.28. The molecule has 9 heteroatoms. The number of halogens is 3. The Bertz CT molecular complexity index is 1040. The molecule has 1 aliphatic rings. The third-order valence-corrected chi connectivity index (χ3v) is 5.29. The summed E-state index contributed by atoms with van der Waals surface area (Å²) in [6.07, 6.45) is -2.66. The first-order valence-electron chi connectivity index (χ1n) is 10.3. The monoisotopic (exact) mass is 444 g/mol. The van der Waals surface area contributed by atoms with Gasteiger partial charge in [-0.25, -0.2) is 4.68 Å². The zero-order valence-electron chi connectivity index (χ0n) is 17.3. The number of ether oxygens (including phenoxy) is 1. The first-order valence-corrected chi connectivity index (χ1v) is 10.3. The molecule has 4 rings (SSSR count). The van der Waals surface area contributed by atoms with Crippen LogP contribution < -0.4 is 4.74 Å². The summed E-state index contributed by atoms with van der Waals surface area (Å²) in [7, 11) is 0. The molecule has 0 N–H and O–H groups in total. The van der Waals surface area contributed by atoms with Crippen LogP contribution in [0.25, 0.3) is 0 Å². The summed E-state index contributed by atoms with van der Waals surface area (Å²) in [5.74, 6) is 0.551. The van der Waals surface area contributed by atoms with Crippen molar-refractivity contribution in [3.8, 4) is 5.75 Å². The van der Waals surface area contributed by atoms with Gasteiger partial charge < -0.3 is 9.64 Å².